The summed E-state index contributed by atoms with van der Waals surface area (Å²) in [5.41, 5.74) is 2.61. The standard InChI is InChI=1S/C10H16/c1-5-9(3)7-8-10(4)6-2/h5-8H,1-4H3/b8-7-,9-5-,10-6+. The summed E-state index contributed by atoms with van der Waals surface area (Å²) in [6.07, 6.45) is 8.43. The van der Waals surface area contributed by atoms with Crippen LogP contribution in [0.2, 0.25) is 0 Å². The number of hydrogen-bond acceptors (Lipinski definition) is 0. The lowest BCUT2D eigenvalue weighted by molar-refractivity contribution is 1.43. The normalized spacial score (nSPS) is 14.8. The van der Waals surface area contributed by atoms with Crippen LogP contribution in [-0.4, -0.2) is 0 Å². The van der Waals surface area contributed by atoms with Gasteiger partial charge in [-0.15, -0.1) is 0 Å². The Morgan fingerprint density at radius 1 is 0.800 bits per heavy atom. The highest BCUT2D eigenvalue weighted by molar-refractivity contribution is 5.24. The minimum Gasteiger partial charge on any atom is -0.0847 e. The van der Waals surface area contributed by atoms with Crippen LogP contribution < -0.4 is 0 Å². The summed E-state index contributed by atoms with van der Waals surface area (Å²) in [7, 11) is 0. The molecule has 0 heteroatoms. The van der Waals surface area contributed by atoms with E-state index < -0.39 is 0 Å². The van der Waals surface area contributed by atoms with Gasteiger partial charge >= 0.3 is 0 Å². The van der Waals surface area contributed by atoms with E-state index in [2.05, 4.69) is 38.2 Å². The second-order valence-electron chi connectivity index (χ2n) is 2.40. The van der Waals surface area contributed by atoms with Gasteiger partial charge in [-0.1, -0.05) is 35.5 Å². The van der Waals surface area contributed by atoms with E-state index in [0.717, 1.165) is 0 Å². The first-order valence-electron chi connectivity index (χ1n) is 3.64. The molecule has 0 unspecified atom stereocenters. The maximum atomic E-state index is 2.12. The van der Waals surface area contributed by atoms with Crippen LogP contribution >= 0.6 is 0 Å². The highest BCUT2D eigenvalue weighted by atomic mass is 13.8. The molecule has 0 aliphatic rings. The monoisotopic (exact) mass is 136 g/mol. The fourth-order valence-corrected chi connectivity index (χ4v) is 0.455. The van der Waals surface area contributed by atoms with Crippen molar-refractivity contribution in [2.24, 2.45) is 0 Å². The van der Waals surface area contributed by atoms with E-state index in [-0.39, 0.29) is 0 Å². The molecule has 56 valence electrons. The Bertz CT molecular complexity index is 148. The fourth-order valence-electron chi connectivity index (χ4n) is 0.455. The molecule has 0 nitrogen and oxygen atoms in total. The Kier molecular flexibility index (Phi) is 4.65. The minimum atomic E-state index is 1.31. The van der Waals surface area contributed by atoms with Gasteiger partial charge in [-0.3, -0.25) is 0 Å². The highest BCUT2D eigenvalue weighted by Gasteiger charge is 1.78. The first kappa shape index (κ1) is 9.22. The zero-order valence-corrected chi connectivity index (χ0v) is 7.31. The first-order chi connectivity index (χ1) is 4.70. The van der Waals surface area contributed by atoms with Gasteiger partial charge in [0.25, 0.3) is 0 Å². The lowest BCUT2D eigenvalue weighted by Crippen LogP contribution is -1.67. The van der Waals surface area contributed by atoms with Crippen LogP contribution in [0.1, 0.15) is 27.7 Å². The molecule has 0 rings (SSSR count). The third-order valence-corrected chi connectivity index (χ3v) is 1.52. The topological polar surface area (TPSA) is 0 Å². The molecular weight excluding hydrogens is 120 g/mol. The van der Waals surface area contributed by atoms with E-state index in [1.165, 1.54) is 11.1 Å². The Morgan fingerprint density at radius 3 is 1.30 bits per heavy atom. The van der Waals surface area contributed by atoms with E-state index in [4.69, 9.17) is 0 Å². The van der Waals surface area contributed by atoms with E-state index in [1.54, 1.807) is 0 Å². The molecule has 0 aliphatic heterocycles. The van der Waals surface area contributed by atoms with Crippen molar-refractivity contribution >= 4 is 0 Å². The lowest BCUT2D eigenvalue weighted by Gasteiger charge is -1.89. The summed E-state index contributed by atoms with van der Waals surface area (Å²) in [5.74, 6) is 0. The van der Waals surface area contributed by atoms with Crippen molar-refractivity contribution in [1.82, 2.24) is 0 Å². The zero-order chi connectivity index (χ0) is 7.98. The SMILES string of the molecule is C\C=C(C)/C=C\C(C)=C\C. The number of rotatable bonds is 2. The predicted octanol–water partition coefficient (Wildman–Crippen LogP) is 3.48. The molecule has 0 N–H and O–H groups in total. The molecule has 0 atom stereocenters. The number of allylic oxidation sites excluding steroid dienone is 6. The largest absolute Gasteiger partial charge is 0.0847 e. The molecule has 0 aromatic rings. The van der Waals surface area contributed by atoms with Gasteiger partial charge in [0.1, 0.15) is 0 Å². The molecule has 0 saturated heterocycles. The van der Waals surface area contributed by atoms with E-state index >= 15 is 0 Å². The molecule has 0 aliphatic carbocycles. The minimum absolute atomic E-state index is 1.31. The van der Waals surface area contributed by atoms with Crippen LogP contribution in [-0.2, 0) is 0 Å². The van der Waals surface area contributed by atoms with Gasteiger partial charge in [-0.05, 0) is 27.7 Å². The van der Waals surface area contributed by atoms with E-state index in [1.807, 2.05) is 13.8 Å². The van der Waals surface area contributed by atoms with Gasteiger partial charge in [-0.25, -0.2) is 0 Å². The van der Waals surface area contributed by atoms with Crippen molar-refractivity contribution in [3.05, 3.63) is 35.5 Å². The summed E-state index contributed by atoms with van der Waals surface area (Å²) < 4.78 is 0. The molecule has 0 fully saturated rings. The van der Waals surface area contributed by atoms with Gasteiger partial charge < -0.3 is 0 Å². The van der Waals surface area contributed by atoms with Crippen LogP contribution in [0.15, 0.2) is 35.5 Å². The maximum Gasteiger partial charge on any atom is -0.0401 e. The third kappa shape index (κ3) is 4.13. The average molecular weight is 136 g/mol. The van der Waals surface area contributed by atoms with Crippen LogP contribution in [0.3, 0.4) is 0 Å². The van der Waals surface area contributed by atoms with Gasteiger partial charge in [-0.2, -0.15) is 0 Å². The molecule has 0 spiro atoms. The van der Waals surface area contributed by atoms with Gasteiger partial charge in [0.2, 0.25) is 0 Å². The molecule has 0 bridgehead atoms. The van der Waals surface area contributed by atoms with Crippen molar-refractivity contribution in [2.45, 2.75) is 27.7 Å². The smallest absolute Gasteiger partial charge is 0.0401 e. The number of hydrogen-bond donors (Lipinski definition) is 0. The average Bonchev–Trinajstić information content (AvgIpc) is 1.99. The molecular formula is C10H16. The van der Waals surface area contributed by atoms with Gasteiger partial charge in [0, 0.05) is 0 Å². The van der Waals surface area contributed by atoms with Crippen molar-refractivity contribution in [3.63, 3.8) is 0 Å². The quantitative estimate of drug-likeness (QED) is 0.510. The summed E-state index contributed by atoms with van der Waals surface area (Å²) in [5, 5.41) is 0. The summed E-state index contributed by atoms with van der Waals surface area (Å²) in [6.45, 7) is 8.29. The first-order valence-corrected chi connectivity index (χ1v) is 3.64. The van der Waals surface area contributed by atoms with Crippen molar-refractivity contribution < 1.29 is 0 Å². The third-order valence-electron chi connectivity index (χ3n) is 1.52. The lowest BCUT2D eigenvalue weighted by atomic mass is 10.2. The Labute approximate surface area is 64.0 Å². The molecule has 0 amide bonds. The van der Waals surface area contributed by atoms with Crippen LogP contribution in [0.25, 0.3) is 0 Å². The second kappa shape index (κ2) is 5.04. The van der Waals surface area contributed by atoms with Crippen LogP contribution in [0.4, 0.5) is 0 Å². The van der Waals surface area contributed by atoms with E-state index in [0.29, 0.717) is 0 Å². The van der Waals surface area contributed by atoms with Gasteiger partial charge in [0.15, 0.2) is 0 Å². The zero-order valence-electron chi connectivity index (χ0n) is 7.31. The van der Waals surface area contributed by atoms with Crippen molar-refractivity contribution in [2.75, 3.05) is 0 Å². The molecule has 0 saturated carbocycles. The molecule has 0 aromatic carbocycles. The molecule has 10 heavy (non-hydrogen) atoms. The Balaban J connectivity index is 4.01. The Morgan fingerprint density at radius 2 is 1.10 bits per heavy atom. The predicted molar refractivity (Wildman–Crippen MR) is 48.0 cm³/mol. The molecule has 0 heterocycles. The summed E-state index contributed by atoms with van der Waals surface area (Å²) >= 11 is 0. The highest BCUT2D eigenvalue weighted by Crippen LogP contribution is 1.99. The fraction of sp³-hybridized carbons (Fsp3) is 0.400. The molecule has 0 aromatic heterocycles. The summed E-state index contributed by atoms with van der Waals surface area (Å²) in [4.78, 5) is 0. The van der Waals surface area contributed by atoms with Crippen LogP contribution in [0.5, 0.6) is 0 Å². The maximum absolute atomic E-state index is 2.12. The van der Waals surface area contributed by atoms with E-state index in [9.17, 15) is 0 Å². The second-order valence-corrected chi connectivity index (χ2v) is 2.40. The van der Waals surface area contributed by atoms with Crippen molar-refractivity contribution in [3.8, 4) is 0 Å². The van der Waals surface area contributed by atoms with Crippen LogP contribution in [0, 0.1) is 0 Å². The molecule has 0 radical (unpaired) electrons. The van der Waals surface area contributed by atoms with Crippen molar-refractivity contribution in [1.29, 1.82) is 0 Å². The Hall–Kier alpha value is -0.780. The summed E-state index contributed by atoms with van der Waals surface area (Å²) in [6, 6.07) is 0. The van der Waals surface area contributed by atoms with Gasteiger partial charge in [0.05, 0.1) is 0 Å².